The monoisotopic (exact) mass is 244 g/mol. The van der Waals surface area contributed by atoms with Crippen LogP contribution in [-0.4, -0.2) is 12.1 Å². The molecule has 1 fully saturated rings. The van der Waals surface area contributed by atoms with E-state index >= 15 is 0 Å². The van der Waals surface area contributed by atoms with Gasteiger partial charge in [0.2, 0.25) is 0 Å². The highest BCUT2D eigenvalue weighted by Crippen LogP contribution is 2.36. The van der Waals surface area contributed by atoms with Crippen molar-refractivity contribution in [3.05, 3.63) is 30.0 Å². The molecule has 0 amide bonds. The second-order valence-electron chi connectivity index (χ2n) is 5.35. The third-order valence-corrected chi connectivity index (χ3v) is 4.11. The van der Waals surface area contributed by atoms with Crippen molar-refractivity contribution in [3.8, 4) is 5.75 Å². The van der Waals surface area contributed by atoms with Crippen molar-refractivity contribution in [1.29, 1.82) is 0 Å². The number of methoxy groups -OCH3 is 1. The molecular weight excluding hydrogens is 224 g/mol. The standard InChI is InChI=1S/C15H20N2O/c1-18-12-5-6-13-11(9-12)10-14(17-13)15(16)7-3-2-4-8-15/h5-6,9-10,17H,2-4,7-8,16H2,1H3. The van der Waals surface area contributed by atoms with E-state index in [-0.39, 0.29) is 5.54 Å². The van der Waals surface area contributed by atoms with E-state index in [2.05, 4.69) is 23.2 Å². The summed E-state index contributed by atoms with van der Waals surface area (Å²) >= 11 is 0. The molecular formula is C15H20N2O. The van der Waals surface area contributed by atoms with Crippen molar-refractivity contribution in [2.75, 3.05) is 7.11 Å². The number of benzene rings is 1. The van der Waals surface area contributed by atoms with E-state index in [9.17, 15) is 0 Å². The van der Waals surface area contributed by atoms with Crippen LogP contribution in [0.4, 0.5) is 0 Å². The van der Waals surface area contributed by atoms with Crippen LogP contribution in [0, 0.1) is 0 Å². The molecule has 1 aromatic carbocycles. The average Bonchev–Trinajstić information content (AvgIpc) is 2.83. The van der Waals surface area contributed by atoms with Crippen molar-refractivity contribution in [1.82, 2.24) is 4.98 Å². The van der Waals surface area contributed by atoms with E-state index in [0.29, 0.717) is 0 Å². The van der Waals surface area contributed by atoms with Crippen molar-refractivity contribution in [3.63, 3.8) is 0 Å². The molecule has 0 radical (unpaired) electrons. The van der Waals surface area contributed by atoms with Crippen LogP contribution in [0.1, 0.15) is 37.8 Å². The second-order valence-corrected chi connectivity index (χ2v) is 5.35. The average molecular weight is 244 g/mol. The van der Waals surface area contributed by atoms with Crippen LogP contribution in [0.5, 0.6) is 5.75 Å². The van der Waals surface area contributed by atoms with Gasteiger partial charge in [-0.1, -0.05) is 19.3 Å². The zero-order chi connectivity index (χ0) is 12.6. The SMILES string of the molecule is COc1ccc2[nH]c(C3(N)CCCCC3)cc2c1. The van der Waals surface area contributed by atoms with Crippen LogP contribution in [0.3, 0.4) is 0 Å². The molecule has 1 aliphatic rings. The molecule has 0 unspecified atom stereocenters. The summed E-state index contributed by atoms with van der Waals surface area (Å²) in [5.41, 5.74) is 8.70. The number of aromatic nitrogens is 1. The lowest BCUT2D eigenvalue weighted by molar-refractivity contribution is 0.296. The lowest BCUT2D eigenvalue weighted by Gasteiger charge is -2.32. The number of H-pyrrole nitrogens is 1. The molecule has 2 aromatic rings. The van der Waals surface area contributed by atoms with Gasteiger partial charge in [-0.25, -0.2) is 0 Å². The van der Waals surface area contributed by atoms with Gasteiger partial charge in [-0.2, -0.15) is 0 Å². The van der Waals surface area contributed by atoms with Gasteiger partial charge in [0.1, 0.15) is 5.75 Å². The Morgan fingerprint density at radius 1 is 1.17 bits per heavy atom. The molecule has 18 heavy (non-hydrogen) atoms. The number of fused-ring (bicyclic) bond motifs is 1. The number of rotatable bonds is 2. The first kappa shape index (κ1) is 11.6. The minimum atomic E-state index is -0.162. The van der Waals surface area contributed by atoms with Gasteiger partial charge >= 0.3 is 0 Å². The molecule has 1 aliphatic carbocycles. The molecule has 3 N–H and O–H groups in total. The lowest BCUT2D eigenvalue weighted by Crippen LogP contribution is -2.38. The van der Waals surface area contributed by atoms with E-state index in [0.717, 1.165) is 24.1 Å². The van der Waals surface area contributed by atoms with E-state index in [1.807, 2.05) is 6.07 Å². The fourth-order valence-electron chi connectivity index (χ4n) is 2.96. The molecule has 1 aromatic heterocycles. The molecule has 0 atom stereocenters. The van der Waals surface area contributed by atoms with Gasteiger partial charge < -0.3 is 15.5 Å². The number of nitrogens with one attached hydrogen (secondary N) is 1. The Kier molecular flexibility index (Phi) is 2.78. The number of nitrogens with two attached hydrogens (primary N) is 1. The largest absolute Gasteiger partial charge is 0.497 e. The van der Waals surface area contributed by atoms with Gasteiger partial charge in [0.15, 0.2) is 0 Å². The maximum absolute atomic E-state index is 6.55. The molecule has 96 valence electrons. The first-order valence-corrected chi connectivity index (χ1v) is 6.67. The predicted octanol–water partition coefficient (Wildman–Crippen LogP) is 3.29. The summed E-state index contributed by atoms with van der Waals surface area (Å²) in [6.45, 7) is 0. The highest BCUT2D eigenvalue weighted by molar-refractivity contribution is 5.82. The summed E-state index contributed by atoms with van der Waals surface area (Å²) in [5.74, 6) is 0.891. The predicted molar refractivity (Wildman–Crippen MR) is 73.8 cm³/mol. The summed E-state index contributed by atoms with van der Waals surface area (Å²) in [7, 11) is 1.69. The number of aromatic amines is 1. The Balaban J connectivity index is 2.02. The van der Waals surface area contributed by atoms with Gasteiger partial charge in [0.25, 0.3) is 0 Å². The fourth-order valence-corrected chi connectivity index (χ4v) is 2.96. The molecule has 0 aliphatic heterocycles. The van der Waals surface area contributed by atoms with Gasteiger partial charge in [-0.15, -0.1) is 0 Å². The van der Waals surface area contributed by atoms with Gasteiger partial charge in [0, 0.05) is 16.6 Å². The van der Waals surface area contributed by atoms with Gasteiger partial charge in [-0.3, -0.25) is 0 Å². The van der Waals surface area contributed by atoms with Crippen molar-refractivity contribution in [2.45, 2.75) is 37.6 Å². The maximum Gasteiger partial charge on any atom is 0.119 e. The normalized spacial score (nSPS) is 19.0. The Bertz CT molecular complexity index is 553. The zero-order valence-electron chi connectivity index (χ0n) is 10.8. The number of ether oxygens (including phenoxy) is 1. The first-order valence-electron chi connectivity index (χ1n) is 6.67. The third kappa shape index (κ3) is 1.89. The molecule has 0 spiro atoms. The Labute approximate surface area is 107 Å². The summed E-state index contributed by atoms with van der Waals surface area (Å²) < 4.78 is 5.26. The summed E-state index contributed by atoms with van der Waals surface area (Å²) in [6, 6.07) is 8.28. The van der Waals surface area contributed by atoms with Crippen molar-refractivity contribution in [2.24, 2.45) is 5.73 Å². The zero-order valence-corrected chi connectivity index (χ0v) is 10.8. The summed E-state index contributed by atoms with van der Waals surface area (Å²) in [4.78, 5) is 3.48. The Hall–Kier alpha value is -1.48. The van der Waals surface area contributed by atoms with Crippen molar-refractivity contribution < 1.29 is 4.74 Å². The van der Waals surface area contributed by atoms with Crippen LogP contribution in [0.2, 0.25) is 0 Å². The van der Waals surface area contributed by atoms with Crippen LogP contribution in [0.15, 0.2) is 24.3 Å². The van der Waals surface area contributed by atoms with Crippen LogP contribution in [-0.2, 0) is 5.54 Å². The minimum absolute atomic E-state index is 0.162. The smallest absolute Gasteiger partial charge is 0.119 e. The van der Waals surface area contributed by atoms with Crippen LogP contribution < -0.4 is 10.5 Å². The fraction of sp³-hybridized carbons (Fsp3) is 0.467. The highest BCUT2D eigenvalue weighted by atomic mass is 16.5. The van der Waals surface area contributed by atoms with Crippen molar-refractivity contribution >= 4 is 10.9 Å². The number of hydrogen-bond donors (Lipinski definition) is 2. The van der Waals surface area contributed by atoms with Crippen LogP contribution >= 0.6 is 0 Å². The lowest BCUT2D eigenvalue weighted by atomic mass is 9.80. The molecule has 1 heterocycles. The van der Waals surface area contributed by atoms with Gasteiger partial charge in [-0.05, 0) is 37.1 Å². The van der Waals surface area contributed by atoms with Gasteiger partial charge in [0.05, 0.1) is 12.6 Å². The Morgan fingerprint density at radius 3 is 2.67 bits per heavy atom. The minimum Gasteiger partial charge on any atom is -0.497 e. The molecule has 3 rings (SSSR count). The molecule has 3 nitrogen and oxygen atoms in total. The third-order valence-electron chi connectivity index (χ3n) is 4.11. The molecule has 0 saturated heterocycles. The molecule has 1 saturated carbocycles. The maximum atomic E-state index is 6.55. The van der Waals surface area contributed by atoms with E-state index in [1.54, 1.807) is 7.11 Å². The van der Waals surface area contributed by atoms with E-state index in [1.165, 1.54) is 30.3 Å². The van der Waals surface area contributed by atoms with E-state index < -0.39 is 0 Å². The Morgan fingerprint density at radius 2 is 1.94 bits per heavy atom. The van der Waals surface area contributed by atoms with Crippen LogP contribution in [0.25, 0.3) is 10.9 Å². The van der Waals surface area contributed by atoms with E-state index in [4.69, 9.17) is 10.5 Å². The summed E-state index contributed by atoms with van der Waals surface area (Å²) in [6.07, 6.45) is 5.94. The molecule has 0 bridgehead atoms. The second kappa shape index (κ2) is 4.32. The quantitative estimate of drug-likeness (QED) is 0.851. The summed E-state index contributed by atoms with van der Waals surface area (Å²) in [5, 5.41) is 1.18. The molecule has 3 heteroatoms. The first-order chi connectivity index (χ1) is 8.71. The highest BCUT2D eigenvalue weighted by Gasteiger charge is 2.30. The number of hydrogen-bond acceptors (Lipinski definition) is 2. The topological polar surface area (TPSA) is 51.0 Å².